The van der Waals surface area contributed by atoms with Crippen LogP contribution in [0.3, 0.4) is 0 Å². The minimum Gasteiger partial charge on any atom is -0.376 e. The summed E-state index contributed by atoms with van der Waals surface area (Å²) in [4.78, 5) is 2.52. The van der Waals surface area contributed by atoms with Gasteiger partial charge in [-0.25, -0.2) is 0 Å². The second-order valence-corrected chi connectivity index (χ2v) is 4.88. The van der Waals surface area contributed by atoms with Gasteiger partial charge in [0.1, 0.15) is 0 Å². The standard InChI is InChI=1S/C15H23NO/c1-2-16-10-8-15(9-11-16)13-17-12-14-6-4-3-5-7-14/h3-7,15H,2,8-13H2,1H3. The molecule has 0 amide bonds. The molecule has 0 atom stereocenters. The smallest absolute Gasteiger partial charge is 0.0717 e. The maximum Gasteiger partial charge on any atom is 0.0717 e. The molecule has 1 aliphatic heterocycles. The molecule has 0 aromatic heterocycles. The van der Waals surface area contributed by atoms with Crippen LogP contribution in [-0.4, -0.2) is 31.1 Å². The molecule has 2 nitrogen and oxygen atoms in total. The van der Waals surface area contributed by atoms with Gasteiger partial charge in [0.05, 0.1) is 6.61 Å². The highest BCUT2D eigenvalue weighted by Crippen LogP contribution is 2.17. The van der Waals surface area contributed by atoms with Crippen LogP contribution in [-0.2, 0) is 11.3 Å². The molecule has 0 N–H and O–H groups in total. The Morgan fingerprint density at radius 3 is 2.53 bits per heavy atom. The SMILES string of the molecule is CCN1CCC(COCc2ccccc2)CC1. The normalized spacial score (nSPS) is 18.4. The topological polar surface area (TPSA) is 12.5 Å². The van der Waals surface area contributed by atoms with E-state index in [1.54, 1.807) is 0 Å². The van der Waals surface area contributed by atoms with Crippen LogP contribution in [0.5, 0.6) is 0 Å². The van der Waals surface area contributed by atoms with Crippen LogP contribution in [0.15, 0.2) is 30.3 Å². The Hall–Kier alpha value is -0.860. The van der Waals surface area contributed by atoms with Gasteiger partial charge in [0.2, 0.25) is 0 Å². The second kappa shape index (κ2) is 6.77. The van der Waals surface area contributed by atoms with E-state index in [2.05, 4.69) is 36.1 Å². The average molecular weight is 233 g/mol. The lowest BCUT2D eigenvalue weighted by atomic mass is 9.98. The molecular formula is C15H23NO. The number of hydrogen-bond acceptors (Lipinski definition) is 2. The van der Waals surface area contributed by atoms with Crippen molar-refractivity contribution in [2.75, 3.05) is 26.2 Å². The van der Waals surface area contributed by atoms with Crippen LogP contribution < -0.4 is 0 Å². The van der Waals surface area contributed by atoms with Crippen LogP contribution >= 0.6 is 0 Å². The number of likely N-dealkylation sites (tertiary alicyclic amines) is 1. The van der Waals surface area contributed by atoms with Crippen molar-refractivity contribution >= 4 is 0 Å². The highest BCUT2D eigenvalue weighted by Gasteiger charge is 2.17. The first-order valence-corrected chi connectivity index (χ1v) is 6.72. The fourth-order valence-corrected chi connectivity index (χ4v) is 2.39. The van der Waals surface area contributed by atoms with E-state index in [0.29, 0.717) is 0 Å². The van der Waals surface area contributed by atoms with Gasteiger partial charge in [-0.2, -0.15) is 0 Å². The Bertz CT molecular complexity index is 304. The van der Waals surface area contributed by atoms with Crippen LogP contribution in [0.4, 0.5) is 0 Å². The molecule has 1 aromatic carbocycles. The molecule has 0 aliphatic carbocycles. The first-order valence-electron chi connectivity index (χ1n) is 6.72. The van der Waals surface area contributed by atoms with Crippen molar-refractivity contribution < 1.29 is 4.74 Å². The summed E-state index contributed by atoms with van der Waals surface area (Å²) < 4.78 is 5.81. The van der Waals surface area contributed by atoms with Crippen molar-refractivity contribution in [3.8, 4) is 0 Å². The fraction of sp³-hybridized carbons (Fsp3) is 0.600. The summed E-state index contributed by atoms with van der Waals surface area (Å²) in [7, 11) is 0. The van der Waals surface area contributed by atoms with Gasteiger partial charge >= 0.3 is 0 Å². The van der Waals surface area contributed by atoms with Gasteiger partial charge in [-0.3, -0.25) is 0 Å². The third-order valence-electron chi connectivity index (χ3n) is 3.62. The zero-order valence-corrected chi connectivity index (χ0v) is 10.8. The molecular weight excluding hydrogens is 210 g/mol. The summed E-state index contributed by atoms with van der Waals surface area (Å²) in [6.07, 6.45) is 2.59. The Kier molecular flexibility index (Phi) is 5.02. The lowest BCUT2D eigenvalue weighted by molar-refractivity contribution is 0.0587. The summed E-state index contributed by atoms with van der Waals surface area (Å²) in [5.74, 6) is 0.765. The van der Waals surface area contributed by atoms with Crippen molar-refractivity contribution in [2.24, 2.45) is 5.92 Å². The largest absolute Gasteiger partial charge is 0.376 e. The molecule has 2 rings (SSSR count). The molecule has 0 unspecified atom stereocenters. The van der Waals surface area contributed by atoms with Crippen molar-refractivity contribution in [1.29, 1.82) is 0 Å². The maximum atomic E-state index is 5.81. The Morgan fingerprint density at radius 2 is 1.88 bits per heavy atom. The van der Waals surface area contributed by atoms with Crippen LogP contribution in [0, 0.1) is 5.92 Å². The van der Waals surface area contributed by atoms with Crippen LogP contribution in [0.25, 0.3) is 0 Å². The monoisotopic (exact) mass is 233 g/mol. The molecule has 1 saturated heterocycles. The highest BCUT2D eigenvalue weighted by atomic mass is 16.5. The van der Waals surface area contributed by atoms with Gasteiger partial charge in [0.15, 0.2) is 0 Å². The Morgan fingerprint density at radius 1 is 1.18 bits per heavy atom. The number of nitrogens with zero attached hydrogens (tertiary/aromatic N) is 1. The lowest BCUT2D eigenvalue weighted by Gasteiger charge is -2.30. The third kappa shape index (κ3) is 4.14. The van der Waals surface area contributed by atoms with E-state index in [0.717, 1.165) is 19.1 Å². The van der Waals surface area contributed by atoms with Gasteiger partial charge < -0.3 is 9.64 Å². The molecule has 17 heavy (non-hydrogen) atoms. The van der Waals surface area contributed by atoms with E-state index in [9.17, 15) is 0 Å². The Balaban J connectivity index is 1.63. The summed E-state index contributed by atoms with van der Waals surface area (Å²) in [5.41, 5.74) is 1.28. The van der Waals surface area contributed by atoms with Crippen molar-refractivity contribution in [3.05, 3.63) is 35.9 Å². The van der Waals surface area contributed by atoms with E-state index in [4.69, 9.17) is 4.74 Å². The molecule has 1 aromatic rings. The predicted octanol–water partition coefficient (Wildman–Crippen LogP) is 2.94. The molecule has 0 saturated carbocycles. The first kappa shape index (κ1) is 12.6. The zero-order chi connectivity index (χ0) is 11.9. The van der Waals surface area contributed by atoms with Gasteiger partial charge in [-0.05, 0) is 44.0 Å². The van der Waals surface area contributed by atoms with E-state index in [1.165, 1.54) is 38.0 Å². The minimum absolute atomic E-state index is 0.759. The third-order valence-corrected chi connectivity index (χ3v) is 3.62. The molecule has 1 heterocycles. The number of benzene rings is 1. The molecule has 0 bridgehead atoms. The summed E-state index contributed by atoms with van der Waals surface area (Å²) >= 11 is 0. The number of ether oxygens (including phenoxy) is 1. The first-order chi connectivity index (χ1) is 8.38. The van der Waals surface area contributed by atoms with Gasteiger partial charge in [0, 0.05) is 6.61 Å². The Labute approximate surface area is 105 Å². The van der Waals surface area contributed by atoms with Gasteiger partial charge in [-0.1, -0.05) is 37.3 Å². The predicted molar refractivity (Wildman–Crippen MR) is 70.9 cm³/mol. The summed E-state index contributed by atoms with van der Waals surface area (Å²) in [6, 6.07) is 10.4. The minimum atomic E-state index is 0.759. The maximum absolute atomic E-state index is 5.81. The molecule has 94 valence electrons. The second-order valence-electron chi connectivity index (χ2n) is 4.88. The van der Waals surface area contributed by atoms with Crippen molar-refractivity contribution in [2.45, 2.75) is 26.4 Å². The fourth-order valence-electron chi connectivity index (χ4n) is 2.39. The zero-order valence-electron chi connectivity index (χ0n) is 10.8. The number of piperidine rings is 1. The lowest BCUT2D eigenvalue weighted by Crippen LogP contribution is -2.34. The van der Waals surface area contributed by atoms with E-state index >= 15 is 0 Å². The van der Waals surface area contributed by atoms with Crippen LogP contribution in [0.1, 0.15) is 25.3 Å². The van der Waals surface area contributed by atoms with Crippen molar-refractivity contribution in [3.63, 3.8) is 0 Å². The average Bonchev–Trinajstić information content (AvgIpc) is 2.41. The highest BCUT2D eigenvalue weighted by molar-refractivity contribution is 5.13. The summed E-state index contributed by atoms with van der Waals surface area (Å²) in [5, 5.41) is 0. The molecule has 1 aliphatic rings. The van der Waals surface area contributed by atoms with E-state index < -0.39 is 0 Å². The molecule has 0 radical (unpaired) electrons. The van der Waals surface area contributed by atoms with Crippen LogP contribution in [0.2, 0.25) is 0 Å². The molecule has 2 heteroatoms. The molecule has 1 fully saturated rings. The summed E-state index contributed by atoms with van der Waals surface area (Å²) in [6.45, 7) is 7.61. The van der Waals surface area contributed by atoms with E-state index in [1.807, 2.05) is 6.07 Å². The molecule has 0 spiro atoms. The van der Waals surface area contributed by atoms with Crippen molar-refractivity contribution in [1.82, 2.24) is 4.90 Å². The number of rotatable bonds is 5. The number of hydrogen-bond donors (Lipinski definition) is 0. The van der Waals surface area contributed by atoms with Gasteiger partial charge in [0.25, 0.3) is 0 Å². The quantitative estimate of drug-likeness (QED) is 0.775. The van der Waals surface area contributed by atoms with Gasteiger partial charge in [-0.15, -0.1) is 0 Å². The van der Waals surface area contributed by atoms with E-state index in [-0.39, 0.29) is 0 Å².